The molecule has 0 unspecified atom stereocenters. The zero-order valence-electron chi connectivity index (χ0n) is 16.1. The van der Waals surface area contributed by atoms with Crippen LogP contribution in [0.25, 0.3) is 0 Å². The summed E-state index contributed by atoms with van der Waals surface area (Å²) in [4.78, 5) is 14.9. The van der Waals surface area contributed by atoms with Crippen LogP contribution in [0.3, 0.4) is 0 Å². The molecule has 1 saturated carbocycles. The van der Waals surface area contributed by atoms with E-state index in [1.807, 2.05) is 29.5 Å². The van der Waals surface area contributed by atoms with Gasteiger partial charge in [-0.15, -0.1) is 0 Å². The van der Waals surface area contributed by atoms with Crippen LogP contribution in [0, 0.1) is 25.6 Å². The number of nitrogens with zero attached hydrogens (tertiary/aromatic N) is 3. The van der Waals surface area contributed by atoms with Crippen molar-refractivity contribution < 1.29 is 9.18 Å². The molecule has 5 heteroatoms. The van der Waals surface area contributed by atoms with Gasteiger partial charge in [-0.25, -0.2) is 4.39 Å². The number of carbonyl (C=O) groups is 1. The van der Waals surface area contributed by atoms with E-state index < -0.39 is 0 Å². The molecule has 1 aromatic heterocycles. The summed E-state index contributed by atoms with van der Waals surface area (Å²) in [5, 5.41) is 4.61. The summed E-state index contributed by atoms with van der Waals surface area (Å²) in [5.74, 6) is 0.315. The monoisotopic (exact) mass is 357 g/mol. The van der Waals surface area contributed by atoms with Gasteiger partial charge in [-0.3, -0.25) is 9.48 Å². The fourth-order valence-electron chi connectivity index (χ4n) is 3.38. The van der Waals surface area contributed by atoms with Gasteiger partial charge < -0.3 is 4.90 Å². The van der Waals surface area contributed by atoms with Crippen molar-refractivity contribution in [2.45, 2.75) is 66.1 Å². The van der Waals surface area contributed by atoms with Crippen molar-refractivity contribution in [1.82, 2.24) is 14.7 Å². The van der Waals surface area contributed by atoms with E-state index in [0.717, 1.165) is 36.3 Å². The third-order valence-corrected chi connectivity index (χ3v) is 5.00. The summed E-state index contributed by atoms with van der Waals surface area (Å²) in [5.41, 5.74) is 3.57. The van der Waals surface area contributed by atoms with Gasteiger partial charge in [0.2, 0.25) is 5.91 Å². The van der Waals surface area contributed by atoms with Crippen molar-refractivity contribution in [2.24, 2.45) is 5.92 Å². The lowest BCUT2D eigenvalue weighted by Gasteiger charge is -2.23. The molecular formula is C21H28FN3O. The number of aryl methyl sites for hydroxylation is 1. The molecule has 0 spiro atoms. The van der Waals surface area contributed by atoms with Crippen LogP contribution < -0.4 is 0 Å². The van der Waals surface area contributed by atoms with Crippen LogP contribution >= 0.6 is 0 Å². The van der Waals surface area contributed by atoms with Crippen LogP contribution in [0.1, 0.15) is 49.2 Å². The van der Waals surface area contributed by atoms with Gasteiger partial charge in [0.25, 0.3) is 0 Å². The number of halogens is 1. The Kier molecular flexibility index (Phi) is 5.44. The second-order valence-corrected chi connectivity index (χ2v) is 7.75. The van der Waals surface area contributed by atoms with Crippen LogP contribution in [0.2, 0.25) is 0 Å². The van der Waals surface area contributed by atoms with Crippen LogP contribution in [0.5, 0.6) is 0 Å². The molecule has 1 amide bonds. The summed E-state index contributed by atoms with van der Waals surface area (Å²) >= 11 is 0. The summed E-state index contributed by atoms with van der Waals surface area (Å²) in [7, 11) is 0. The lowest BCUT2D eigenvalue weighted by Crippen LogP contribution is -2.34. The fraction of sp³-hybridized carbons (Fsp3) is 0.524. The first-order chi connectivity index (χ1) is 12.4. The molecule has 1 fully saturated rings. The van der Waals surface area contributed by atoms with Crippen molar-refractivity contribution in [1.29, 1.82) is 0 Å². The lowest BCUT2D eigenvalue weighted by atomic mass is 10.1. The Hall–Kier alpha value is -2.17. The Morgan fingerprint density at radius 3 is 2.62 bits per heavy atom. The predicted molar refractivity (Wildman–Crippen MR) is 100 cm³/mol. The summed E-state index contributed by atoms with van der Waals surface area (Å²) in [6.07, 6.45) is 2.34. The number of carbonyl (C=O) groups excluding carboxylic acids is 1. The number of hydrogen-bond acceptors (Lipinski definition) is 2. The molecule has 1 aromatic carbocycles. The number of rotatable bonds is 7. The van der Waals surface area contributed by atoms with E-state index in [1.165, 1.54) is 6.07 Å². The normalized spacial score (nSPS) is 14.1. The Labute approximate surface area is 155 Å². The molecule has 0 atom stereocenters. The smallest absolute Gasteiger partial charge is 0.227 e. The Bertz CT molecular complexity index is 793. The Morgan fingerprint density at radius 2 is 2.00 bits per heavy atom. The van der Waals surface area contributed by atoms with Gasteiger partial charge in [-0.1, -0.05) is 32.0 Å². The summed E-state index contributed by atoms with van der Waals surface area (Å²) in [6, 6.07) is 6.95. The quantitative estimate of drug-likeness (QED) is 0.750. The maximum atomic E-state index is 14.0. The highest BCUT2D eigenvalue weighted by atomic mass is 19.1. The van der Waals surface area contributed by atoms with Crippen molar-refractivity contribution >= 4 is 5.91 Å². The van der Waals surface area contributed by atoms with Gasteiger partial charge in [0, 0.05) is 36.0 Å². The van der Waals surface area contributed by atoms with Gasteiger partial charge in [0.05, 0.1) is 12.1 Å². The van der Waals surface area contributed by atoms with Crippen LogP contribution in [0.4, 0.5) is 4.39 Å². The van der Waals surface area contributed by atoms with E-state index in [1.54, 1.807) is 12.1 Å². The lowest BCUT2D eigenvalue weighted by molar-refractivity contribution is -0.131. The average Bonchev–Trinajstić information content (AvgIpc) is 3.38. The molecule has 3 rings (SSSR count). The van der Waals surface area contributed by atoms with Crippen molar-refractivity contribution in [3.05, 3.63) is 52.6 Å². The molecule has 140 valence electrons. The van der Waals surface area contributed by atoms with E-state index in [9.17, 15) is 9.18 Å². The minimum Gasteiger partial charge on any atom is -0.335 e. The number of amides is 1. The van der Waals surface area contributed by atoms with Gasteiger partial charge in [-0.2, -0.15) is 5.10 Å². The minimum atomic E-state index is -0.247. The molecule has 4 nitrogen and oxygen atoms in total. The van der Waals surface area contributed by atoms with Crippen LogP contribution in [-0.4, -0.2) is 26.6 Å². The molecule has 2 aromatic rings. The van der Waals surface area contributed by atoms with E-state index in [0.29, 0.717) is 24.4 Å². The second-order valence-electron chi connectivity index (χ2n) is 7.75. The van der Waals surface area contributed by atoms with Gasteiger partial charge >= 0.3 is 0 Å². The first kappa shape index (κ1) is 18.6. The predicted octanol–water partition coefficient (Wildman–Crippen LogP) is 4.03. The van der Waals surface area contributed by atoms with E-state index in [2.05, 4.69) is 18.9 Å². The number of aromatic nitrogens is 2. The molecule has 1 heterocycles. The highest BCUT2D eigenvalue weighted by molar-refractivity contribution is 5.80. The Morgan fingerprint density at radius 1 is 1.31 bits per heavy atom. The summed E-state index contributed by atoms with van der Waals surface area (Å²) < 4.78 is 16.0. The van der Waals surface area contributed by atoms with E-state index in [4.69, 9.17) is 0 Å². The molecule has 0 N–H and O–H groups in total. The number of hydrogen-bond donors (Lipinski definition) is 0. The topological polar surface area (TPSA) is 38.1 Å². The standard InChI is InChI=1S/C21H28FN3O/c1-14(2)12-25-16(4)19(15(3)23-25)11-21(26)24(18-9-10-18)13-17-7-5-6-8-20(17)22/h5-8,14,18H,9-13H2,1-4H3. The van der Waals surface area contributed by atoms with E-state index >= 15 is 0 Å². The molecule has 0 radical (unpaired) electrons. The fourth-order valence-corrected chi connectivity index (χ4v) is 3.38. The molecule has 0 aliphatic heterocycles. The molecule has 1 aliphatic rings. The zero-order valence-corrected chi connectivity index (χ0v) is 16.1. The molecule has 1 aliphatic carbocycles. The number of benzene rings is 1. The highest BCUT2D eigenvalue weighted by Crippen LogP contribution is 2.30. The summed E-state index contributed by atoms with van der Waals surface area (Å²) in [6.45, 7) is 9.50. The van der Waals surface area contributed by atoms with Gasteiger partial charge in [0.1, 0.15) is 5.82 Å². The maximum Gasteiger partial charge on any atom is 0.227 e. The second kappa shape index (κ2) is 7.60. The average molecular weight is 357 g/mol. The SMILES string of the molecule is Cc1nn(CC(C)C)c(C)c1CC(=O)N(Cc1ccccc1F)C1CC1. The molecular weight excluding hydrogens is 329 g/mol. The molecule has 26 heavy (non-hydrogen) atoms. The van der Waals surface area contributed by atoms with Crippen molar-refractivity contribution in [3.63, 3.8) is 0 Å². The Balaban J connectivity index is 1.77. The van der Waals surface area contributed by atoms with Crippen molar-refractivity contribution in [2.75, 3.05) is 0 Å². The first-order valence-electron chi connectivity index (χ1n) is 9.42. The third kappa shape index (κ3) is 4.14. The zero-order chi connectivity index (χ0) is 18.8. The third-order valence-electron chi connectivity index (χ3n) is 5.00. The highest BCUT2D eigenvalue weighted by Gasteiger charge is 2.33. The maximum absolute atomic E-state index is 14.0. The van der Waals surface area contributed by atoms with Crippen molar-refractivity contribution in [3.8, 4) is 0 Å². The van der Waals surface area contributed by atoms with Gasteiger partial charge in [-0.05, 0) is 38.7 Å². The van der Waals surface area contributed by atoms with E-state index in [-0.39, 0.29) is 17.8 Å². The first-order valence-corrected chi connectivity index (χ1v) is 9.42. The van der Waals surface area contributed by atoms with Crippen LogP contribution in [0.15, 0.2) is 24.3 Å². The molecule has 0 bridgehead atoms. The molecule has 0 saturated heterocycles. The minimum absolute atomic E-state index is 0.0612. The van der Waals surface area contributed by atoms with Crippen LogP contribution in [-0.2, 0) is 24.3 Å². The largest absolute Gasteiger partial charge is 0.335 e. The van der Waals surface area contributed by atoms with Gasteiger partial charge in [0.15, 0.2) is 0 Å².